The third kappa shape index (κ3) is 9.46. The largest absolute Gasteiger partial charge is 0.444 e. The van der Waals surface area contributed by atoms with Crippen LogP contribution in [0.3, 0.4) is 0 Å². The zero-order chi connectivity index (χ0) is 19.5. The van der Waals surface area contributed by atoms with Crippen LogP contribution in [0.4, 0.5) is 4.79 Å². The van der Waals surface area contributed by atoms with Crippen molar-refractivity contribution in [3.05, 3.63) is 35.9 Å². The van der Waals surface area contributed by atoms with Gasteiger partial charge in [0.2, 0.25) is 0 Å². The van der Waals surface area contributed by atoms with Gasteiger partial charge in [0.1, 0.15) is 5.60 Å². The fourth-order valence-corrected chi connectivity index (χ4v) is 2.31. The number of amides is 1. The molecule has 1 rings (SSSR count). The van der Waals surface area contributed by atoms with Crippen molar-refractivity contribution in [3.63, 3.8) is 0 Å². The molecule has 0 heterocycles. The molecule has 1 aromatic rings. The summed E-state index contributed by atoms with van der Waals surface area (Å²) in [6, 6.07) is 9.86. The predicted octanol–water partition coefficient (Wildman–Crippen LogP) is 3.46. The predicted molar refractivity (Wildman–Crippen MR) is 104 cm³/mol. The number of nitrogens with zero attached hydrogens (tertiary/aromatic N) is 1. The lowest BCUT2D eigenvalue weighted by Crippen LogP contribution is -2.48. The molecule has 0 aliphatic carbocycles. The van der Waals surface area contributed by atoms with Gasteiger partial charge in [0.05, 0.1) is 12.6 Å². The molecule has 0 aliphatic rings. The number of carbonyl (C=O) groups is 1. The molecule has 0 fully saturated rings. The van der Waals surface area contributed by atoms with Gasteiger partial charge < -0.3 is 20.1 Å². The Morgan fingerprint density at radius 2 is 1.80 bits per heavy atom. The highest BCUT2D eigenvalue weighted by molar-refractivity contribution is 5.68. The molecule has 0 aromatic heterocycles. The number of hydrogen-bond donors (Lipinski definition) is 2. The number of likely N-dealkylation sites (N-methyl/N-ethyl adjacent to an activating group) is 2. The van der Waals surface area contributed by atoms with E-state index in [0.29, 0.717) is 13.0 Å². The average molecular weight is 353 g/mol. The van der Waals surface area contributed by atoms with E-state index in [9.17, 15) is 9.90 Å². The summed E-state index contributed by atoms with van der Waals surface area (Å²) < 4.78 is 5.38. The van der Waals surface area contributed by atoms with Gasteiger partial charge in [-0.2, -0.15) is 0 Å². The van der Waals surface area contributed by atoms with Gasteiger partial charge in [-0.05, 0) is 46.7 Å². The fraction of sp³-hybridized carbons (Fsp3) is 0.650. The Bertz CT molecular complexity index is 472. The molecule has 0 saturated carbocycles. The number of rotatable bonds is 7. The molecule has 0 bridgehead atoms. The van der Waals surface area contributed by atoms with E-state index in [1.54, 1.807) is 0 Å². The second-order valence-electron chi connectivity index (χ2n) is 6.67. The third-order valence-electron chi connectivity index (χ3n) is 3.57. The first-order valence-corrected chi connectivity index (χ1v) is 9.14. The molecule has 2 atom stereocenters. The highest BCUT2D eigenvalue weighted by Gasteiger charge is 2.26. The molecular formula is C20H36N2O3. The zero-order valence-corrected chi connectivity index (χ0v) is 16.9. The van der Waals surface area contributed by atoms with Crippen LogP contribution in [-0.4, -0.2) is 54.0 Å². The van der Waals surface area contributed by atoms with Crippen LogP contribution in [0.2, 0.25) is 0 Å². The van der Waals surface area contributed by atoms with Crippen molar-refractivity contribution in [2.75, 3.05) is 20.1 Å². The number of hydrogen-bond acceptors (Lipinski definition) is 4. The van der Waals surface area contributed by atoms with Crippen LogP contribution in [0, 0.1) is 0 Å². The van der Waals surface area contributed by atoms with Crippen molar-refractivity contribution < 1.29 is 14.6 Å². The maximum Gasteiger partial charge on any atom is 0.410 e. The number of aliphatic hydroxyl groups is 1. The lowest BCUT2D eigenvalue weighted by molar-refractivity contribution is 0.0119. The summed E-state index contributed by atoms with van der Waals surface area (Å²) in [5.74, 6) is 0. The topological polar surface area (TPSA) is 61.8 Å². The summed E-state index contributed by atoms with van der Waals surface area (Å²) >= 11 is 0. The molecular weight excluding hydrogens is 316 g/mol. The van der Waals surface area contributed by atoms with Gasteiger partial charge in [-0.25, -0.2) is 4.79 Å². The molecule has 5 nitrogen and oxygen atoms in total. The fourth-order valence-electron chi connectivity index (χ4n) is 2.31. The normalized spacial score (nSPS) is 13.3. The third-order valence-corrected chi connectivity index (χ3v) is 3.57. The van der Waals surface area contributed by atoms with Crippen LogP contribution in [0.1, 0.15) is 47.1 Å². The molecule has 144 valence electrons. The molecule has 25 heavy (non-hydrogen) atoms. The quantitative estimate of drug-likeness (QED) is 0.789. The van der Waals surface area contributed by atoms with Gasteiger partial charge in [-0.15, -0.1) is 0 Å². The highest BCUT2D eigenvalue weighted by atomic mass is 16.6. The van der Waals surface area contributed by atoms with Crippen molar-refractivity contribution >= 4 is 6.09 Å². The Kier molecular flexibility index (Phi) is 11.1. The molecule has 0 saturated heterocycles. The molecule has 2 N–H and O–H groups in total. The van der Waals surface area contributed by atoms with Gasteiger partial charge in [0, 0.05) is 12.6 Å². The van der Waals surface area contributed by atoms with E-state index < -0.39 is 17.8 Å². The zero-order valence-electron chi connectivity index (χ0n) is 16.9. The van der Waals surface area contributed by atoms with Gasteiger partial charge in [-0.1, -0.05) is 44.2 Å². The van der Waals surface area contributed by atoms with Gasteiger partial charge in [0.25, 0.3) is 0 Å². The van der Waals surface area contributed by atoms with Crippen LogP contribution >= 0.6 is 0 Å². The standard InChI is InChI=1S/C18H30N2O3.C2H6/c1-6-20(17(22)23-18(2,3)4)13-16(21)15(19-5)12-14-10-8-7-9-11-14;1-2/h7-11,15-16,19,21H,6,12-13H2,1-5H3;1-2H3/t15-,16+;/m0./s1. The molecule has 1 aromatic carbocycles. The van der Waals surface area contributed by atoms with Crippen LogP contribution in [0.15, 0.2) is 30.3 Å². The van der Waals surface area contributed by atoms with Crippen LogP contribution in [0.25, 0.3) is 0 Å². The van der Waals surface area contributed by atoms with Crippen molar-refractivity contribution in [3.8, 4) is 0 Å². The van der Waals surface area contributed by atoms with E-state index in [-0.39, 0.29) is 12.6 Å². The second-order valence-corrected chi connectivity index (χ2v) is 6.67. The average Bonchev–Trinajstić information content (AvgIpc) is 2.58. The van der Waals surface area contributed by atoms with Crippen LogP contribution < -0.4 is 5.32 Å². The van der Waals surface area contributed by atoms with Gasteiger partial charge in [0.15, 0.2) is 0 Å². The first kappa shape index (κ1) is 23.4. The number of carbonyl (C=O) groups excluding carboxylic acids is 1. The minimum Gasteiger partial charge on any atom is -0.444 e. The maximum atomic E-state index is 12.2. The molecule has 0 unspecified atom stereocenters. The van der Waals surface area contributed by atoms with Crippen LogP contribution in [0.5, 0.6) is 0 Å². The van der Waals surface area contributed by atoms with Crippen molar-refractivity contribution in [2.45, 2.75) is 65.7 Å². The smallest absolute Gasteiger partial charge is 0.410 e. The number of nitrogens with one attached hydrogen (secondary N) is 1. The second kappa shape index (κ2) is 11.9. The Labute approximate surface area is 153 Å². The minimum absolute atomic E-state index is 0.131. The Balaban J connectivity index is 0.00000277. The van der Waals surface area contributed by atoms with Crippen molar-refractivity contribution in [2.24, 2.45) is 0 Å². The maximum absolute atomic E-state index is 12.2. The van der Waals surface area contributed by atoms with Gasteiger partial charge >= 0.3 is 6.09 Å². The highest BCUT2D eigenvalue weighted by Crippen LogP contribution is 2.12. The monoisotopic (exact) mass is 352 g/mol. The van der Waals surface area contributed by atoms with Crippen molar-refractivity contribution in [1.82, 2.24) is 10.2 Å². The molecule has 1 amide bonds. The number of benzene rings is 1. The summed E-state index contributed by atoms with van der Waals surface area (Å²) in [7, 11) is 1.82. The summed E-state index contributed by atoms with van der Waals surface area (Å²) in [5, 5.41) is 13.6. The first-order valence-electron chi connectivity index (χ1n) is 9.14. The molecule has 0 aliphatic heterocycles. The SMILES string of the molecule is CC.CCN(C[C@@H](O)[C@H](Cc1ccccc1)NC)C(=O)OC(C)(C)C. The lowest BCUT2D eigenvalue weighted by Gasteiger charge is -2.30. The van der Waals surface area contributed by atoms with E-state index in [4.69, 9.17) is 4.74 Å². The minimum atomic E-state index is -0.673. The Morgan fingerprint density at radius 1 is 1.24 bits per heavy atom. The lowest BCUT2D eigenvalue weighted by atomic mass is 10.0. The molecule has 0 spiro atoms. The van der Waals surface area contributed by atoms with Crippen LogP contribution in [-0.2, 0) is 11.2 Å². The molecule has 0 radical (unpaired) electrons. The first-order chi connectivity index (χ1) is 11.8. The summed E-state index contributed by atoms with van der Waals surface area (Å²) in [6.07, 6.45) is -0.369. The van der Waals surface area contributed by atoms with E-state index in [1.807, 2.05) is 78.9 Å². The number of ether oxygens (including phenoxy) is 1. The summed E-state index contributed by atoms with van der Waals surface area (Å²) in [6.45, 7) is 12.1. The molecule has 5 heteroatoms. The van der Waals surface area contributed by atoms with Gasteiger partial charge in [-0.3, -0.25) is 0 Å². The van der Waals surface area contributed by atoms with E-state index in [2.05, 4.69) is 5.32 Å². The van der Waals surface area contributed by atoms with E-state index >= 15 is 0 Å². The van der Waals surface area contributed by atoms with E-state index in [0.717, 1.165) is 5.56 Å². The Morgan fingerprint density at radius 3 is 2.24 bits per heavy atom. The van der Waals surface area contributed by atoms with E-state index in [1.165, 1.54) is 4.90 Å². The summed E-state index contributed by atoms with van der Waals surface area (Å²) in [5.41, 5.74) is 0.605. The van der Waals surface area contributed by atoms with Crippen molar-refractivity contribution in [1.29, 1.82) is 0 Å². The summed E-state index contributed by atoms with van der Waals surface area (Å²) in [4.78, 5) is 13.7. The Hall–Kier alpha value is -1.59. The number of aliphatic hydroxyl groups excluding tert-OH is 1.